The van der Waals surface area contributed by atoms with Gasteiger partial charge >= 0.3 is 0 Å². The maximum Gasteiger partial charge on any atom is 0.222 e. The van der Waals surface area contributed by atoms with Crippen LogP contribution in [0.5, 0.6) is 0 Å². The number of carbonyl (C=O) groups excluding carboxylic acids is 1. The van der Waals surface area contributed by atoms with Crippen LogP contribution < -0.4 is 0 Å². The van der Waals surface area contributed by atoms with Gasteiger partial charge in [0.2, 0.25) is 5.91 Å². The van der Waals surface area contributed by atoms with E-state index >= 15 is 0 Å². The number of amides is 1. The molecule has 1 heterocycles. The molecule has 0 N–H and O–H groups in total. The molecule has 1 unspecified atom stereocenters. The first-order valence-corrected chi connectivity index (χ1v) is 7.32. The molecular formula is C14H26ClNO. The molecule has 1 amide bonds. The third-order valence-corrected chi connectivity index (χ3v) is 4.10. The number of rotatable bonds is 3. The standard InChI is InChI=1S/C14H26ClNO/c1-14(2,3)12-6-5-10-16(11-8-12)13(17)7-4-9-15/h12H,4-11H2,1-3H3. The van der Waals surface area contributed by atoms with Crippen molar-refractivity contribution in [2.45, 2.75) is 52.9 Å². The van der Waals surface area contributed by atoms with Crippen LogP contribution >= 0.6 is 11.6 Å². The zero-order valence-electron chi connectivity index (χ0n) is 11.5. The molecule has 1 aliphatic rings. The van der Waals surface area contributed by atoms with Crippen LogP contribution in [0.1, 0.15) is 52.9 Å². The highest BCUT2D eigenvalue weighted by Gasteiger charge is 2.28. The Hall–Kier alpha value is -0.240. The van der Waals surface area contributed by atoms with Gasteiger partial charge in [-0.05, 0) is 37.0 Å². The van der Waals surface area contributed by atoms with E-state index in [4.69, 9.17) is 11.6 Å². The molecule has 1 saturated heterocycles. The molecule has 0 radical (unpaired) electrons. The van der Waals surface area contributed by atoms with Gasteiger partial charge in [0.05, 0.1) is 0 Å². The fraction of sp³-hybridized carbons (Fsp3) is 0.929. The Labute approximate surface area is 111 Å². The Bertz CT molecular complexity index is 247. The van der Waals surface area contributed by atoms with Crippen LogP contribution in [-0.4, -0.2) is 29.8 Å². The van der Waals surface area contributed by atoms with Crippen molar-refractivity contribution < 1.29 is 4.79 Å². The smallest absolute Gasteiger partial charge is 0.222 e. The minimum atomic E-state index is 0.292. The summed E-state index contributed by atoms with van der Waals surface area (Å²) in [5.41, 5.74) is 0.370. The average Bonchev–Trinajstić information content (AvgIpc) is 2.50. The highest BCUT2D eigenvalue weighted by atomic mass is 35.5. The van der Waals surface area contributed by atoms with Crippen LogP contribution in [0.3, 0.4) is 0 Å². The van der Waals surface area contributed by atoms with Crippen LogP contribution in [0.4, 0.5) is 0 Å². The summed E-state index contributed by atoms with van der Waals surface area (Å²) in [5, 5.41) is 0. The lowest BCUT2D eigenvalue weighted by Crippen LogP contribution is -2.32. The van der Waals surface area contributed by atoms with Gasteiger partial charge in [-0.1, -0.05) is 20.8 Å². The van der Waals surface area contributed by atoms with Crippen LogP contribution in [-0.2, 0) is 4.79 Å². The van der Waals surface area contributed by atoms with E-state index in [1.807, 2.05) is 4.90 Å². The van der Waals surface area contributed by atoms with Gasteiger partial charge in [-0.3, -0.25) is 4.79 Å². The lowest BCUT2D eigenvalue weighted by Gasteiger charge is -2.29. The molecule has 17 heavy (non-hydrogen) atoms. The van der Waals surface area contributed by atoms with Crippen molar-refractivity contribution in [3.05, 3.63) is 0 Å². The Morgan fingerprint density at radius 1 is 1.29 bits per heavy atom. The summed E-state index contributed by atoms with van der Waals surface area (Å²) in [6.45, 7) is 8.80. The molecule has 3 heteroatoms. The van der Waals surface area contributed by atoms with Gasteiger partial charge in [0, 0.05) is 25.4 Å². The Morgan fingerprint density at radius 3 is 2.59 bits per heavy atom. The molecule has 0 spiro atoms. The SMILES string of the molecule is CC(C)(C)C1CCCN(C(=O)CCCCl)CC1. The summed E-state index contributed by atoms with van der Waals surface area (Å²) >= 11 is 5.63. The summed E-state index contributed by atoms with van der Waals surface area (Å²) in [4.78, 5) is 14.0. The number of carbonyl (C=O) groups is 1. The predicted molar refractivity (Wildman–Crippen MR) is 73.3 cm³/mol. The molecule has 1 atom stereocenters. The van der Waals surface area contributed by atoms with Crippen molar-refractivity contribution in [1.82, 2.24) is 4.90 Å². The zero-order chi connectivity index (χ0) is 12.9. The minimum absolute atomic E-state index is 0.292. The number of alkyl halides is 1. The molecule has 100 valence electrons. The molecule has 0 bridgehead atoms. The highest BCUT2D eigenvalue weighted by molar-refractivity contribution is 6.17. The van der Waals surface area contributed by atoms with Gasteiger partial charge in [-0.2, -0.15) is 0 Å². The van der Waals surface area contributed by atoms with Crippen LogP contribution in [0.15, 0.2) is 0 Å². The summed E-state index contributed by atoms with van der Waals surface area (Å²) in [6, 6.07) is 0. The van der Waals surface area contributed by atoms with Gasteiger partial charge in [-0.15, -0.1) is 11.6 Å². The van der Waals surface area contributed by atoms with Crippen LogP contribution in [0.25, 0.3) is 0 Å². The van der Waals surface area contributed by atoms with Gasteiger partial charge in [-0.25, -0.2) is 0 Å². The zero-order valence-corrected chi connectivity index (χ0v) is 12.2. The first-order valence-electron chi connectivity index (χ1n) is 6.79. The second-order valence-electron chi connectivity index (χ2n) is 6.17. The topological polar surface area (TPSA) is 20.3 Å². The van der Waals surface area contributed by atoms with E-state index in [1.54, 1.807) is 0 Å². The average molecular weight is 260 g/mol. The number of hydrogen-bond acceptors (Lipinski definition) is 1. The largest absolute Gasteiger partial charge is 0.343 e. The van der Waals surface area contributed by atoms with Crippen molar-refractivity contribution >= 4 is 17.5 Å². The number of halogens is 1. The van der Waals surface area contributed by atoms with E-state index in [9.17, 15) is 4.79 Å². The third kappa shape index (κ3) is 4.87. The second kappa shape index (κ2) is 6.63. The van der Waals surface area contributed by atoms with Crippen molar-refractivity contribution in [2.75, 3.05) is 19.0 Å². The Balaban J connectivity index is 2.45. The fourth-order valence-electron chi connectivity index (χ4n) is 2.59. The molecule has 1 fully saturated rings. The van der Waals surface area contributed by atoms with Crippen molar-refractivity contribution in [3.8, 4) is 0 Å². The number of nitrogens with zero attached hydrogens (tertiary/aromatic N) is 1. The molecule has 0 aliphatic carbocycles. The lowest BCUT2D eigenvalue weighted by atomic mass is 9.77. The first-order chi connectivity index (χ1) is 7.95. The van der Waals surface area contributed by atoms with E-state index in [1.165, 1.54) is 6.42 Å². The second-order valence-corrected chi connectivity index (χ2v) is 6.55. The fourth-order valence-corrected chi connectivity index (χ4v) is 2.72. The summed E-state index contributed by atoms with van der Waals surface area (Å²) in [7, 11) is 0. The Kier molecular flexibility index (Phi) is 5.78. The third-order valence-electron chi connectivity index (χ3n) is 3.83. The van der Waals surface area contributed by atoms with Gasteiger partial charge in [0.25, 0.3) is 0 Å². The molecule has 2 nitrogen and oxygen atoms in total. The molecule has 0 aromatic rings. The normalized spacial score (nSPS) is 22.4. The van der Waals surface area contributed by atoms with Crippen LogP contribution in [0, 0.1) is 11.3 Å². The Morgan fingerprint density at radius 2 is 2.00 bits per heavy atom. The van der Waals surface area contributed by atoms with Crippen molar-refractivity contribution in [1.29, 1.82) is 0 Å². The van der Waals surface area contributed by atoms with Crippen LogP contribution in [0.2, 0.25) is 0 Å². The molecule has 0 saturated carbocycles. The number of hydrogen-bond donors (Lipinski definition) is 0. The minimum Gasteiger partial charge on any atom is -0.343 e. The van der Waals surface area contributed by atoms with Gasteiger partial charge < -0.3 is 4.90 Å². The summed E-state index contributed by atoms with van der Waals surface area (Å²) in [5.74, 6) is 1.62. The number of likely N-dealkylation sites (tertiary alicyclic amines) is 1. The van der Waals surface area contributed by atoms with Crippen molar-refractivity contribution in [3.63, 3.8) is 0 Å². The van der Waals surface area contributed by atoms with E-state index in [2.05, 4.69) is 20.8 Å². The van der Waals surface area contributed by atoms with E-state index < -0.39 is 0 Å². The van der Waals surface area contributed by atoms with E-state index in [0.717, 1.165) is 38.3 Å². The monoisotopic (exact) mass is 259 g/mol. The quantitative estimate of drug-likeness (QED) is 0.708. The summed E-state index contributed by atoms with van der Waals surface area (Å²) < 4.78 is 0. The van der Waals surface area contributed by atoms with E-state index in [0.29, 0.717) is 23.6 Å². The van der Waals surface area contributed by atoms with Gasteiger partial charge in [0.1, 0.15) is 0 Å². The maximum atomic E-state index is 11.9. The molecule has 0 aromatic carbocycles. The van der Waals surface area contributed by atoms with E-state index in [-0.39, 0.29) is 0 Å². The highest BCUT2D eigenvalue weighted by Crippen LogP contribution is 2.34. The van der Waals surface area contributed by atoms with Crippen molar-refractivity contribution in [2.24, 2.45) is 11.3 Å². The molecule has 1 aliphatic heterocycles. The first kappa shape index (κ1) is 14.8. The predicted octanol–water partition coefficient (Wildman–Crippen LogP) is 3.68. The summed E-state index contributed by atoms with van der Waals surface area (Å²) in [6.07, 6.45) is 4.97. The molecule has 0 aromatic heterocycles. The van der Waals surface area contributed by atoms with Gasteiger partial charge in [0.15, 0.2) is 0 Å². The molecular weight excluding hydrogens is 234 g/mol. The lowest BCUT2D eigenvalue weighted by molar-refractivity contribution is -0.131. The maximum absolute atomic E-state index is 11.9. The molecule has 1 rings (SSSR count).